The van der Waals surface area contributed by atoms with Gasteiger partial charge in [0.2, 0.25) is 0 Å². The van der Waals surface area contributed by atoms with Crippen molar-refractivity contribution in [3.63, 3.8) is 0 Å². The van der Waals surface area contributed by atoms with Gasteiger partial charge in [-0.15, -0.1) is 0 Å². The van der Waals surface area contributed by atoms with Crippen molar-refractivity contribution < 1.29 is 9.53 Å². The van der Waals surface area contributed by atoms with Crippen LogP contribution in [0.4, 0.5) is 0 Å². The third-order valence-electron chi connectivity index (χ3n) is 1.87. The number of carbonyl (C=O) groups is 1. The topological polar surface area (TPSA) is 38.3 Å². The molecule has 0 bridgehead atoms. The molecule has 0 aliphatic carbocycles. The summed E-state index contributed by atoms with van der Waals surface area (Å²) < 4.78 is 4.85. The summed E-state index contributed by atoms with van der Waals surface area (Å²) in [5.74, 6) is 0.338. The summed E-state index contributed by atoms with van der Waals surface area (Å²) in [4.78, 5) is 11.1. The maximum Gasteiger partial charge on any atom is 0.307 e. The number of nitrogens with one attached hydrogen (secondary N) is 1. The van der Waals surface area contributed by atoms with Gasteiger partial charge >= 0.3 is 5.97 Å². The number of rotatable bonds is 5. The fourth-order valence-corrected chi connectivity index (χ4v) is 1.07. The van der Waals surface area contributed by atoms with Crippen LogP contribution in [0.15, 0.2) is 0 Å². The molecule has 3 heteroatoms. The van der Waals surface area contributed by atoms with Crippen molar-refractivity contribution in [1.82, 2.24) is 5.32 Å². The predicted molar refractivity (Wildman–Crippen MR) is 48.9 cm³/mol. The van der Waals surface area contributed by atoms with E-state index in [2.05, 4.69) is 19.2 Å². The minimum Gasteiger partial charge on any atom is -0.466 e. The fraction of sp³-hybridized carbons (Fsp3) is 0.889. The van der Waals surface area contributed by atoms with Crippen LogP contribution < -0.4 is 5.32 Å². The van der Waals surface area contributed by atoms with E-state index in [1.165, 1.54) is 0 Å². The molecular weight excluding hydrogens is 154 g/mol. The van der Waals surface area contributed by atoms with Gasteiger partial charge < -0.3 is 10.1 Å². The Morgan fingerprint density at radius 1 is 1.50 bits per heavy atom. The highest BCUT2D eigenvalue weighted by Gasteiger charge is 2.15. The van der Waals surface area contributed by atoms with E-state index in [0.717, 1.165) is 0 Å². The monoisotopic (exact) mass is 173 g/mol. The second-order valence-electron chi connectivity index (χ2n) is 3.15. The maximum atomic E-state index is 11.1. The van der Waals surface area contributed by atoms with Crippen LogP contribution in [-0.2, 0) is 9.53 Å². The van der Waals surface area contributed by atoms with Crippen molar-refractivity contribution in [2.75, 3.05) is 13.7 Å². The van der Waals surface area contributed by atoms with Gasteiger partial charge in [0.05, 0.1) is 13.0 Å². The van der Waals surface area contributed by atoms with Gasteiger partial charge in [-0.2, -0.15) is 0 Å². The van der Waals surface area contributed by atoms with E-state index in [9.17, 15) is 4.79 Å². The lowest BCUT2D eigenvalue weighted by Crippen LogP contribution is -2.33. The highest BCUT2D eigenvalue weighted by atomic mass is 16.5. The predicted octanol–water partition coefficient (Wildman–Crippen LogP) is 1.18. The maximum absolute atomic E-state index is 11.1. The van der Waals surface area contributed by atoms with Crippen molar-refractivity contribution in [2.24, 2.45) is 5.92 Å². The minimum atomic E-state index is -0.120. The average molecular weight is 173 g/mol. The highest BCUT2D eigenvalue weighted by Crippen LogP contribution is 2.06. The van der Waals surface area contributed by atoms with E-state index >= 15 is 0 Å². The molecule has 0 saturated heterocycles. The first kappa shape index (κ1) is 11.4. The second kappa shape index (κ2) is 6.00. The molecule has 0 aromatic heterocycles. The Morgan fingerprint density at radius 3 is 2.42 bits per heavy atom. The second-order valence-corrected chi connectivity index (χ2v) is 3.15. The van der Waals surface area contributed by atoms with E-state index < -0.39 is 0 Å². The van der Waals surface area contributed by atoms with Crippen molar-refractivity contribution in [3.05, 3.63) is 0 Å². The average Bonchev–Trinajstić information content (AvgIpc) is 2.00. The molecule has 0 heterocycles. The summed E-state index contributed by atoms with van der Waals surface area (Å²) in [6.07, 6.45) is 0.460. The summed E-state index contributed by atoms with van der Waals surface area (Å²) >= 11 is 0. The van der Waals surface area contributed by atoms with Crippen molar-refractivity contribution in [1.29, 1.82) is 0 Å². The number of carbonyl (C=O) groups excluding carboxylic acids is 1. The first-order valence-electron chi connectivity index (χ1n) is 4.44. The molecule has 1 N–H and O–H groups in total. The van der Waals surface area contributed by atoms with E-state index in [-0.39, 0.29) is 12.0 Å². The zero-order chi connectivity index (χ0) is 9.56. The zero-order valence-corrected chi connectivity index (χ0v) is 8.39. The van der Waals surface area contributed by atoms with Crippen LogP contribution in [0.25, 0.3) is 0 Å². The first-order valence-corrected chi connectivity index (χ1v) is 4.44. The minimum absolute atomic E-state index is 0.120. The zero-order valence-electron chi connectivity index (χ0n) is 8.39. The Kier molecular flexibility index (Phi) is 5.72. The number of hydrogen-bond acceptors (Lipinski definition) is 3. The number of ether oxygens (including phenoxy) is 1. The third-order valence-corrected chi connectivity index (χ3v) is 1.87. The van der Waals surface area contributed by atoms with Gasteiger partial charge in [-0.05, 0) is 19.9 Å². The van der Waals surface area contributed by atoms with Gasteiger partial charge in [0, 0.05) is 6.04 Å². The molecule has 0 saturated carbocycles. The van der Waals surface area contributed by atoms with Crippen LogP contribution in [0.1, 0.15) is 27.2 Å². The normalized spacial score (nSPS) is 13.1. The quantitative estimate of drug-likeness (QED) is 0.634. The molecule has 0 aromatic rings. The fourth-order valence-electron chi connectivity index (χ4n) is 1.07. The van der Waals surface area contributed by atoms with E-state index in [1.807, 2.05) is 14.0 Å². The van der Waals surface area contributed by atoms with Crippen LogP contribution in [-0.4, -0.2) is 25.7 Å². The Balaban J connectivity index is 3.77. The molecule has 3 nitrogen and oxygen atoms in total. The number of esters is 1. The Bertz CT molecular complexity index is 134. The summed E-state index contributed by atoms with van der Waals surface area (Å²) in [7, 11) is 1.86. The van der Waals surface area contributed by atoms with Gasteiger partial charge in [-0.3, -0.25) is 4.79 Å². The largest absolute Gasteiger partial charge is 0.466 e. The standard InChI is InChI=1S/C9H19NO2/c1-5-12-9(11)6-8(10-4)7(2)3/h7-8,10H,5-6H2,1-4H3. The van der Waals surface area contributed by atoms with E-state index in [0.29, 0.717) is 18.9 Å². The first-order chi connectivity index (χ1) is 5.61. The smallest absolute Gasteiger partial charge is 0.307 e. The van der Waals surface area contributed by atoms with Gasteiger partial charge in [0.1, 0.15) is 0 Å². The van der Waals surface area contributed by atoms with Crippen molar-refractivity contribution >= 4 is 5.97 Å². The Labute approximate surface area is 74.5 Å². The molecule has 0 spiro atoms. The molecule has 1 atom stereocenters. The van der Waals surface area contributed by atoms with E-state index in [1.54, 1.807) is 0 Å². The molecule has 0 radical (unpaired) electrons. The van der Waals surface area contributed by atoms with Crippen LogP contribution in [0.5, 0.6) is 0 Å². The molecule has 0 rings (SSSR count). The summed E-state index contributed by atoms with van der Waals surface area (Å²) in [6, 6.07) is 0.226. The third kappa shape index (κ3) is 4.34. The lowest BCUT2D eigenvalue weighted by molar-refractivity contribution is -0.143. The SMILES string of the molecule is CCOC(=O)CC(NC)C(C)C. The molecule has 0 amide bonds. The lowest BCUT2D eigenvalue weighted by Gasteiger charge is -2.18. The van der Waals surface area contributed by atoms with Crippen molar-refractivity contribution in [3.8, 4) is 0 Å². The van der Waals surface area contributed by atoms with Crippen LogP contribution in [0.3, 0.4) is 0 Å². The van der Waals surface area contributed by atoms with Gasteiger partial charge in [-0.25, -0.2) is 0 Å². The molecule has 0 aliphatic heterocycles. The molecule has 1 unspecified atom stereocenters. The highest BCUT2D eigenvalue weighted by molar-refractivity contribution is 5.70. The van der Waals surface area contributed by atoms with Crippen LogP contribution in [0.2, 0.25) is 0 Å². The molecule has 72 valence electrons. The molecular formula is C9H19NO2. The summed E-state index contributed by atoms with van der Waals surface area (Å²) in [6.45, 7) is 6.45. The lowest BCUT2D eigenvalue weighted by atomic mass is 10.0. The summed E-state index contributed by atoms with van der Waals surface area (Å²) in [5.41, 5.74) is 0. The molecule has 12 heavy (non-hydrogen) atoms. The van der Waals surface area contributed by atoms with Crippen LogP contribution in [0, 0.1) is 5.92 Å². The molecule has 0 aromatic carbocycles. The van der Waals surface area contributed by atoms with Crippen molar-refractivity contribution in [2.45, 2.75) is 33.2 Å². The van der Waals surface area contributed by atoms with Crippen LogP contribution >= 0.6 is 0 Å². The number of hydrogen-bond donors (Lipinski definition) is 1. The van der Waals surface area contributed by atoms with Gasteiger partial charge in [0.25, 0.3) is 0 Å². The Hall–Kier alpha value is -0.570. The van der Waals surface area contributed by atoms with E-state index in [4.69, 9.17) is 4.74 Å². The van der Waals surface area contributed by atoms with Gasteiger partial charge in [-0.1, -0.05) is 13.8 Å². The summed E-state index contributed by atoms with van der Waals surface area (Å²) in [5, 5.41) is 3.09. The van der Waals surface area contributed by atoms with Gasteiger partial charge in [0.15, 0.2) is 0 Å². The molecule has 0 aliphatic rings. The Morgan fingerprint density at radius 2 is 2.08 bits per heavy atom. The molecule has 0 fully saturated rings.